The van der Waals surface area contributed by atoms with Crippen molar-refractivity contribution in [1.29, 1.82) is 0 Å². The molecule has 0 rings (SSSR count). The van der Waals surface area contributed by atoms with Crippen LogP contribution in [-0.2, 0) is 25.7 Å². The van der Waals surface area contributed by atoms with Gasteiger partial charge in [0.15, 0.2) is 5.08 Å². The van der Waals surface area contributed by atoms with Gasteiger partial charge in [0.2, 0.25) is 11.9 Å². The molecule has 0 heterocycles. The Morgan fingerprint density at radius 2 is 1.32 bits per heavy atom. The summed E-state index contributed by atoms with van der Waals surface area (Å²) in [7, 11) is 0. The summed E-state index contributed by atoms with van der Waals surface area (Å²) in [5.41, 5.74) is 1.52. The lowest BCUT2D eigenvalue weighted by Gasteiger charge is -2.06. The maximum Gasteiger partial charge on any atom is 0.407 e. The smallest absolute Gasteiger partial charge is 0.407 e. The Labute approximate surface area is 321 Å². The molecule has 0 aromatic rings. The highest BCUT2D eigenvalue weighted by Gasteiger charge is 2.05. The fourth-order valence-electron chi connectivity index (χ4n) is 2.39. The van der Waals surface area contributed by atoms with E-state index in [0.29, 0.717) is 66.8 Å². The lowest BCUT2D eigenvalue weighted by Crippen LogP contribution is -2.27. The minimum atomic E-state index is -1.10. The minimum absolute atomic E-state index is 0.0240. The molecule has 0 bridgehead atoms. The molecule has 0 radical (unpaired) electrons. The van der Waals surface area contributed by atoms with Crippen LogP contribution in [0.1, 0.15) is 0 Å². The Hall–Kier alpha value is 1.22. The second-order valence-electron chi connectivity index (χ2n) is 8.05. The molecule has 0 saturated heterocycles. The first-order chi connectivity index (χ1) is 23.1. The zero-order chi connectivity index (χ0) is 34.3. The van der Waals surface area contributed by atoms with E-state index in [1.165, 1.54) is 23.7 Å². The fraction of sp³-hybridized carbons (Fsp3) is 0.840. The van der Waals surface area contributed by atoms with Crippen LogP contribution in [0.15, 0.2) is 9.98 Å². The summed E-state index contributed by atoms with van der Waals surface area (Å²) in [4.78, 5) is 41.6. The molecule has 0 aliphatic carbocycles. The molecule has 47 heavy (non-hydrogen) atoms. The van der Waals surface area contributed by atoms with E-state index < -0.39 is 17.3 Å². The zero-order valence-electron chi connectivity index (χ0n) is 26.3. The van der Waals surface area contributed by atoms with Crippen molar-refractivity contribution in [3.8, 4) is 0 Å². The van der Waals surface area contributed by atoms with Gasteiger partial charge in [-0.1, -0.05) is 23.5 Å². The van der Waals surface area contributed by atoms with Crippen molar-refractivity contribution >= 4 is 140 Å². The van der Waals surface area contributed by atoms with Gasteiger partial charge in [-0.25, -0.2) is 9.79 Å². The average molecular weight is 853 g/mol. The number of alkyl carbamates (subject to hydrolysis) is 1. The van der Waals surface area contributed by atoms with Gasteiger partial charge in [-0.05, 0) is 0 Å². The number of nitrogens with zero attached hydrogens (tertiary/aromatic N) is 2. The van der Waals surface area contributed by atoms with Gasteiger partial charge < -0.3 is 35.0 Å². The number of rotatable bonds is 35. The van der Waals surface area contributed by atoms with Gasteiger partial charge >= 0.3 is 6.09 Å². The number of ether oxygens (including phenoxy) is 1. The van der Waals surface area contributed by atoms with Crippen LogP contribution in [0.2, 0.25) is 0 Å². The lowest BCUT2D eigenvalue weighted by molar-refractivity contribution is -0.210. The Kier molecular flexibility index (Phi) is 42.7. The molecule has 0 aliphatic heterocycles. The van der Waals surface area contributed by atoms with Crippen LogP contribution < -0.4 is 10.6 Å². The first-order valence-corrected chi connectivity index (χ1v) is 26.0. The van der Waals surface area contributed by atoms with Crippen LogP contribution in [0.3, 0.4) is 0 Å². The second kappa shape index (κ2) is 41.6. The molecule has 0 fully saturated rings. The third-order valence-corrected chi connectivity index (χ3v) is 15.7. The minimum Gasteiger partial charge on any atom is -0.610 e. The van der Waals surface area contributed by atoms with Crippen molar-refractivity contribution in [3.05, 3.63) is 0 Å². The second-order valence-corrected chi connectivity index (χ2v) is 20.9. The number of thioether (sulfide) groups is 9. The summed E-state index contributed by atoms with van der Waals surface area (Å²) in [5.74, 6) is 6.17. The van der Waals surface area contributed by atoms with Gasteiger partial charge in [-0.2, -0.15) is 28.4 Å². The Morgan fingerprint density at radius 3 is 2.02 bits per heavy atom. The number of hydrogen-bond acceptors (Lipinski definition) is 19. The van der Waals surface area contributed by atoms with Gasteiger partial charge in [-0.3, -0.25) is 9.79 Å². The summed E-state index contributed by atoms with van der Waals surface area (Å²) < 4.78 is 17.1. The number of aliphatic hydroxyl groups is 2. The quantitative estimate of drug-likeness (QED) is 0.0133. The molecule has 12 nitrogen and oxygen atoms in total. The van der Waals surface area contributed by atoms with Gasteiger partial charge in [0, 0.05) is 90.6 Å². The molecule has 1 unspecified atom stereocenters. The van der Waals surface area contributed by atoms with Crippen molar-refractivity contribution in [1.82, 2.24) is 10.6 Å². The monoisotopic (exact) mass is 852 g/mol. The van der Waals surface area contributed by atoms with E-state index in [1.54, 1.807) is 94.1 Å². The Bertz CT molecular complexity index is 773. The Morgan fingerprint density at radius 1 is 0.702 bits per heavy atom. The normalized spacial score (nSPS) is 12.1. The number of hydrogen-bond donors (Lipinski definition) is 4. The van der Waals surface area contributed by atoms with Crippen molar-refractivity contribution in [2.24, 2.45) is 9.98 Å². The van der Waals surface area contributed by atoms with Crippen molar-refractivity contribution in [2.45, 2.75) is 0 Å². The van der Waals surface area contributed by atoms with E-state index in [1.807, 2.05) is 0 Å². The first-order valence-electron chi connectivity index (χ1n) is 14.4. The molecule has 1 atom stereocenters. The van der Waals surface area contributed by atoms with E-state index in [0.717, 1.165) is 44.0 Å². The highest BCUT2D eigenvalue weighted by Crippen LogP contribution is 2.19. The van der Waals surface area contributed by atoms with Gasteiger partial charge in [0.1, 0.15) is 13.2 Å². The number of carbonyl (C=O) groups excluding carboxylic acids is 2. The molecule has 0 aromatic heterocycles. The van der Waals surface area contributed by atoms with Crippen LogP contribution in [0.25, 0.3) is 0 Å². The topological polar surface area (TPSA) is 174 Å². The third-order valence-electron chi connectivity index (χ3n) is 4.35. The van der Waals surface area contributed by atoms with Crippen LogP contribution >= 0.6 is 106 Å². The lowest BCUT2D eigenvalue weighted by atomic mass is 10.7. The number of nitrogens with one attached hydrogen (secondary N) is 2. The molecule has 0 aliphatic rings. The zero-order valence-corrected chi connectivity index (χ0v) is 34.5. The molecule has 276 valence electrons. The SMILES string of the molecule is O=C(NCCSCSCC/N=C\[S+]([O-])CSCSCSC(=O)NCCSCSCC/N=C\OOCCSCCO)OCCSCCO. The predicted molar refractivity (Wildman–Crippen MR) is 220 cm³/mol. The maximum atomic E-state index is 12.1. The van der Waals surface area contributed by atoms with Gasteiger partial charge in [0.25, 0.3) is 5.24 Å². The number of carbonyl (C=O) groups is 2. The molecule has 0 spiro atoms. The molecule has 0 saturated carbocycles. The van der Waals surface area contributed by atoms with Crippen molar-refractivity contribution in [3.63, 3.8) is 0 Å². The molecule has 0 aromatic carbocycles. The van der Waals surface area contributed by atoms with E-state index in [9.17, 15) is 14.1 Å². The van der Waals surface area contributed by atoms with Crippen molar-refractivity contribution in [2.75, 3.05) is 124 Å². The molecule has 2 amide bonds. The van der Waals surface area contributed by atoms with Gasteiger partial charge in [0.05, 0.1) is 26.3 Å². The Balaban J connectivity index is 3.38. The van der Waals surface area contributed by atoms with Crippen LogP contribution in [-0.4, -0.2) is 162 Å². The summed E-state index contributed by atoms with van der Waals surface area (Å²) in [5, 5.41) is 26.7. The first kappa shape index (κ1) is 48.2. The molecular weight excluding hydrogens is 805 g/mol. The highest BCUT2D eigenvalue weighted by molar-refractivity contribution is 8.29. The largest absolute Gasteiger partial charge is 0.610 e. The molecular formula is C25H48N4O8S10. The van der Waals surface area contributed by atoms with E-state index >= 15 is 0 Å². The van der Waals surface area contributed by atoms with E-state index in [-0.39, 0.29) is 18.5 Å². The molecule has 22 heteroatoms. The summed E-state index contributed by atoms with van der Waals surface area (Å²) in [6.45, 7) is 3.55. The molecule has 4 N–H and O–H groups in total. The predicted octanol–water partition coefficient (Wildman–Crippen LogP) is 4.55. The highest BCUT2D eigenvalue weighted by atomic mass is 32.3. The fourth-order valence-corrected chi connectivity index (χ4v) is 11.6. The summed E-state index contributed by atoms with van der Waals surface area (Å²) >= 11 is 13.5. The van der Waals surface area contributed by atoms with Gasteiger partial charge in [-0.15, -0.1) is 58.8 Å². The third kappa shape index (κ3) is 41.5. The van der Waals surface area contributed by atoms with Crippen LogP contribution in [0.4, 0.5) is 9.59 Å². The van der Waals surface area contributed by atoms with Crippen molar-refractivity contribution < 1.29 is 38.9 Å². The summed E-state index contributed by atoms with van der Waals surface area (Å²) in [6.07, 6.45) is 0.903. The average Bonchev–Trinajstić information content (AvgIpc) is 3.06. The van der Waals surface area contributed by atoms with E-state index in [2.05, 4.69) is 20.6 Å². The maximum absolute atomic E-state index is 12.1. The number of aliphatic hydroxyl groups excluding tert-OH is 2. The van der Waals surface area contributed by atoms with Crippen LogP contribution in [0, 0.1) is 0 Å². The number of amides is 2. The van der Waals surface area contributed by atoms with E-state index in [4.69, 9.17) is 24.7 Å². The number of aliphatic imine (C=N–C) groups is 2. The van der Waals surface area contributed by atoms with Crippen LogP contribution in [0.5, 0.6) is 0 Å². The standard InChI is InChI=1S/C25H48N4O8S10/c30-5-13-38-15-7-35-24(32)28-3-11-42-20-41-10-2-27-18-47(34)23-45-21-44-22-46-25(33)29-4-12-43-19-40-9-1-26-17-37-36-8-16-39-14-6-31/h17-18,30-31H,1-16,19-23H2,(H,28,32)(H,29,33)/b26-17-,27-18-. The summed E-state index contributed by atoms with van der Waals surface area (Å²) in [6, 6.07) is 0.